The van der Waals surface area contributed by atoms with Crippen molar-refractivity contribution in [2.24, 2.45) is 0 Å². The Morgan fingerprint density at radius 2 is 1.94 bits per heavy atom. The predicted octanol–water partition coefficient (Wildman–Crippen LogP) is 4.21. The molecule has 0 amide bonds. The molecular formula is C12H16ClFOS. The molecule has 1 aromatic rings. The molecule has 0 heterocycles. The van der Waals surface area contributed by atoms with Crippen LogP contribution in [0.4, 0.5) is 4.39 Å². The second-order valence-electron chi connectivity index (χ2n) is 3.68. The first-order valence-electron chi connectivity index (χ1n) is 5.25. The van der Waals surface area contributed by atoms with E-state index in [9.17, 15) is 9.50 Å². The Labute approximate surface area is 105 Å². The van der Waals surface area contributed by atoms with Gasteiger partial charge < -0.3 is 5.11 Å². The molecule has 1 aromatic carbocycles. The minimum Gasteiger partial charge on any atom is -0.385 e. The number of rotatable bonds is 4. The zero-order valence-electron chi connectivity index (χ0n) is 9.68. The molecule has 90 valence electrons. The summed E-state index contributed by atoms with van der Waals surface area (Å²) in [5.41, 5.74) is -0.946. The lowest BCUT2D eigenvalue weighted by molar-refractivity contribution is 0.0245. The van der Waals surface area contributed by atoms with Crippen molar-refractivity contribution in [2.75, 3.05) is 6.26 Å². The molecule has 0 aliphatic carbocycles. The summed E-state index contributed by atoms with van der Waals surface area (Å²) in [6.07, 6.45) is 2.68. The standard InChI is InChI=1S/C12H16ClFOS/c1-4-12(15,5-2)10-8(13)6-7-9(16-3)11(10)14/h6-7,15H,4-5H2,1-3H3. The van der Waals surface area contributed by atoms with Gasteiger partial charge in [0.05, 0.1) is 5.60 Å². The first kappa shape index (κ1) is 13.8. The monoisotopic (exact) mass is 262 g/mol. The summed E-state index contributed by atoms with van der Waals surface area (Å²) in [7, 11) is 0. The Morgan fingerprint density at radius 1 is 1.38 bits per heavy atom. The van der Waals surface area contributed by atoms with Crippen LogP contribution in [0.1, 0.15) is 32.3 Å². The van der Waals surface area contributed by atoms with E-state index in [0.717, 1.165) is 0 Å². The van der Waals surface area contributed by atoms with Crippen molar-refractivity contribution in [1.82, 2.24) is 0 Å². The third-order valence-electron chi connectivity index (χ3n) is 2.91. The lowest BCUT2D eigenvalue weighted by atomic mass is 9.88. The normalized spacial score (nSPS) is 11.9. The summed E-state index contributed by atoms with van der Waals surface area (Å²) in [4.78, 5) is 0.514. The van der Waals surface area contributed by atoms with Crippen LogP contribution < -0.4 is 0 Å². The van der Waals surface area contributed by atoms with Crippen LogP contribution in [-0.4, -0.2) is 11.4 Å². The Kier molecular flexibility index (Phi) is 4.65. The highest BCUT2D eigenvalue weighted by atomic mass is 35.5. The molecule has 16 heavy (non-hydrogen) atoms. The number of benzene rings is 1. The van der Waals surface area contributed by atoms with Crippen molar-refractivity contribution in [3.05, 3.63) is 28.5 Å². The van der Waals surface area contributed by atoms with E-state index < -0.39 is 11.4 Å². The molecule has 0 bridgehead atoms. The van der Waals surface area contributed by atoms with E-state index in [-0.39, 0.29) is 5.56 Å². The fourth-order valence-corrected chi connectivity index (χ4v) is 2.53. The van der Waals surface area contributed by atoms with Gasteiger partial charge >= 0.3 is 0 Å². The average Bonchev–Trinajstić information content (AvgIpc) is 2.29. The van der Waals surface area contributed by atoms with Crippen LogP contribution in [0, 0.1) is 5.82 Å². The molecular weight excluding hydrogens is 247 g/mol. The summed E-state index contributed by atoms with van der Waals surface area (Å²) in [6, 6.07) is 3.28. The second kappa shape index (κ2) is 5.39. The minimum absolute atomic E-state index is 0.228. The summed E-state index contributed by atoms with van der Waals surface area (Å²) in [5, 5.41) is 10.6. The summed E-state index contributed by atoms with van der Waals surface area (Å²) < 4.78 is 14.1. The van der Waals surface area contributed by atoms with E-state index in [2.05, 4.69) is 0 Å². The van der Waals surface area contributed by atoms with Gasteiger partial charge in [-0.15, -0.1) is 11.8 Å². The number of thioether (sulfide) groups is 1. The Balaban J connectivity index is 3.41. The molecule has 0 aliphatic rings. The number of aliphatic hydroxyl groups is 1. The first-order chi connectivity index (χ1) is 7.50. The van der Waals surface area contributed by atoms with Crippen LogP contribution in [0.2, 0.25) is 5.02 Å². The fourth-order valence-electron chi connectivity index (χ4n) is 1.72. The summed E-state index contributed by atoms with van der Waals surface area (Å²) in [6.45, 7) is 3.65. The fraction of sp³-hybridized carbons (Fsp3) is 0.500. The van der Waals surface area contributed by atoms with E-state index >= 15 is 0 Å². The molecule has 0 radical (unpaired) electrons. The molecule has 0 fully saturated rings. The molecule has 1 rings (SSSR count). The smallest absolute Gasteiger partial charge is 0.144 e. The van der Waals surface area contributed by atoms with Gasteiger partial charge in [-0.25, -0.2) is 4.39 Å². The maximum Gasteiger partial charge on any atom is 0.144 e. The van der Waals surface area contributed by atoms with Gasteiger partial charge in [0.2, 0.25) is 0 Å². The minimum atomic E-state index is -1.17. The van der Waals surface area contributed by atoms with Crippen molar-refractivity contribution < 1.29 is 9.50 Å². The van der Waals surface area contributed by atoms with Gasteiger partial charge in [0, 0.05) is 15.5 Å². The number of hydrogen-bond donors (Lipinski definition) is 1. The zero-order valence-corrected chi connectivity index (χ0v) is 11.3. The van der Waals surface area contributed by atoms with E-state index in [0.29, 0.717) is 22.8 Å². The van der Waals surface area contributed by atoms with Gasteiger partial charge in [-0.1, -0.05) is 25.4 Å². The molecule has 1 N–H and O–H groups in total. The van der Waals surface area contributed by atoms with Crippen molar-refractivity contribution in [3.63, 3.8) is 0 Å². The van der Waals surface area contributed by atoms with Crippen molar-refractivity contribution >= 4 is 23.4 Å². The highest BCUT2D eigenvalue weighted by molar-refractivity contribution is 7.98. The quantitative estimate of drug-likeness (QED) is 0.821. The lowest BCUT2D eigenvalue weighted by Gasteiger charge is -2.27. The van der Waals surface area contributed by atoms with E-state index in [1.165, 1.54) is 11.8 Å². The molecule has 0 atom stereocenters. The van der Waals surface area contributed by atoms with Gasteiger partial charge in [0.1, 0.15) is 5.82 Å². The van der Waals surface area contributed by atoms with Crippen LogP contribution in [0.15, 0.2) is 17.0 Å². The predicted molar refractivity (Wildman–Crippen MR) is 67.7 cm³/mol. The largest absolute Gasteiger partial charge is 0.385 e. The topological polar surface area (TPSA) is 20.2 Å². The number of halogens is 2. The van der Waals surface area contributed by atoms with Crippen molar-refractivity contribution in [1.29, 1.82) is 0 Å². The van der Waals surface area contributed by atoms with Crippen molar-refractivity contribution in [3.8, 4) is 0 Å². The van der Waals surface area contributed by atoms with Gasteiger partial charge in [0.25, 0.3) is 0 Å². The highest BCUT2D eigenvalue weighted by Gasteiger charge is 2.31. The van der Waals surface area contributed by atoms with Crippen LogP contribution in [-0.2, 0) is 5.60 Å². The third-order valence-corrected chi connectivity index (χ3v) is 3.98. The van der Waals surface area contributed by atoms with Crippen LogP contribution >= 0.6 is 23.4 Å². The summed E-state index contributed by atoms with van der Waals surface area (Å²) in [5.74, 6) is -0.397. The maximum atomic E-state index is 14.1. The van der Waals surface area contributed by atoms with Gasteiger partial charge in [-0.05, 0) is 31.2 Å². The number of hydrogen-bond acceptors (Lipinski definition) is 2. The highest BCUT2D eigenvalue weighted by Crippen LogP contribution is 2.38. The molecule has 0 saturated carbocycles. The average molecular weight is 263 g/mol. The summed E-state index contributed by atoms with van der Waals surface area (Å²) >= 11 is 7.30. The van der Waals surface area contributed by atoms with Gasteiger partial charge in [-0.2, -0.15) is 0 Å². The Morgan fingerprint density at radius 3 is 2.38 bits per heavy atom. The first-order valence-corrected chi connectivity index (χ1v) is 6.85. The van der Waals surface area contributed by atoms with E-state index in [1.807, 2.05) is 13.8 Å². The molecule has 0 saturated heterocycles. The third kappa shape index (κ3) is 2.36. The Hall–Kier alpha value is -0.250. The SMILES string of the molecule is CCC(O)(CC)c1c(Cl)ccc(SC)c1F. The van der Waals surface area contributed by atoms with Crippen LogP contribution in [0.25, 0.3) is 0 Å². The maximum absolute atomic E-state index is 14.1. The molecule has 0 aromatic heterocycles. The molecule has 4 heteroatoms. The molecule has 1 nitrogen and oxygen atoms in total. The lowest BCUT2D eigenvalue weighted by Crippen LogP contribution is -2.25. The van der Waals surface area contributed by atoms with Gasteiger partial charge in [0.15, 0.2) is 0 Å². The second-order valence-corrected chi connectivity index (χ2v) is 4.93. The molecule has 0 unspecified atom stereocenters. The van der Waals surface area contributed by atoms with E-state index in [4.69, 9.17) is 11.6 Å². The van der Waals surface area contributed by atoms with Crippen molar-refractivity contribution in [2.45, 2.75) is 37.2 Å². The van der Waals surface area contributed by atoms with Gasteiger partial charge in [-0.3, -0.25) is 0 Å². The molecule has 0 spiro atoms. The van der Waals surface area contributed by atoms with Crippen LogP contribution in [0.5, 0.6) is 0 Å². The zero-order chi connectivity index (χ0) is 12.3. The van der Waals surface area contributed by atoms with E-state index in [1.54, 1.807) is 18.4 Å². The Bertz CT molecular complexity index is 378. The molecule has 0 aliphatic heterocycles. The van der Waals surface area contributed by atoms with Crippen LogP contribution in [0.3, 0.4) is 0 Å².